The van der Waals surface area contributed by atoms with Gasteiger partial charge in [-0.05, 0) is 58.4 Å². The van der Waals surface area contributed by atoms with Crippen LogP contribution in [0.2, 0.25) is 5.02 Å². The van der Waals surface area contributed by atoms with E-state index in [0.717, 1.165) is 20.2 Å². The second-order valence-electron chi connectivity index (χ2n) is 5.30. The van der Waals surface area contributed by atoms with E-state index < -0.39 is 0 Å². The van der Waals surface area contributed by atoms with Gasteiger partial charge in [-0.2, -0.15) is 0 Å². The molecule has 1 amide bonds. The molecule has 0 fully saturated rings. The van der Waals surface area contributed by atoms with Crippen LogP contribution in [0.4, 0.5) is 5.69 Å². The first kappa shape index (κ1) is 18.2. The van der Waals surface area contributed by atoms with E-state index >= 15 is 0 Å². The van der Waals surface area contributed by atoms with E-state index in [2.05, 4.69) is 42.2 Å². The molecule has 0 saturated heterocycles. The predicted octanol–water partition coefficient (Wildman–Crippen LogP) is 6.09. The number of aromatic nitrogens is 1. The lowest BCUT2D eigenvalue weighted by molar-refractivity contribution is -0.116. The molecule has 2 aromatic carbocycles. The van der Waals surface area contributed by atoms with Gasteiger partial charge in [0.15, 0.2) is 11.7 Å². The average molecular weight is 485 g/mol. The highest BCUT2D eigenvalue weighted by Crippen LogP contribution is 2.26. The van der Waals surface area contributed by atoms with Crippen molar-refractivity contribution in [2.45, 2.75) is 12.8 Å². The number of aryl methyl sites for hydroxylation is 1. The van der Waals surface area contributed by atoms with Gasteiger partial charge in [-0.15, -0.1) is 0 Å². The maximum atomic E-state index is 12.1. The van der Waals surface area contributed by atoms with Crippen molar-refractivity contribution in [3.8, 4) is 11.3 Å². The van der Waals surface area contributed by atoms with Crippen LogP contribution in [-0.2, 0) is 11.2 Å². The average Bonchev–Trinajstić information content (AvgIpc) is 3.05. The highest BCUT2D eigenvalue weighted by molar-refractivity contribution is 9.11. The molecule has 0 aliphatic rings. The standard InChI is InChI=1S/C18H13Br2ClN2O2/c19-12-3-6-15(14(20)9-12)23-17(24)7-8-18-22-10-16(25-18)11-1-4-13(21)5-2-11/h1-6,9-10H,7-8H2,(H,23,24). The molecule has 7 heteroatoms. The van der Waals surface area contributed by atoms with Crippen LogP contribution in [0.3, 0.4) is 0 Å². The Morgan fingerprint density at radius 2 is 1.92 bits per heavy atom. The Labute approximate surface area is 166 Å². The Bertz CT molecular complexity index is 894. The Hall–Kier alpha value is -1.63. The third-order valence-corrected chi connectivity index (χ3v) is 4.85. The number of amides is 1. The van der Waals surface area contributed by atoms with E-state index in [1.165, 1.54) is 0 Å². The number of carbonyl (C=O) groups excluding carboxylic acids is 1. The summed E-state index contributed by atoms with van der Waals surface area (Å²) in [4.78, 5) is 16.3. The summed E-state index contributed by atoms with van der Waals surface area (Å²) in [6.07, 6.45) is 2.36. The first-order chi connectivity index (χ1) is 12.0. The van der Waals surface area contributed by atoms with Gasteiger partial charge in [0.25, 0.3) is 0 Å². The summed E-state index contributed by atoms with van der Waals surface area (Å²) in [5, 5.41) is 3.53. The molecule has 0 spiro atoms. The number of oxazole rings is 1. The number of benzene rings is 2. The van der Waals surface area contributed by atoms with E-state index in [9.17, 15) is 4.79 Å². The maximum absolute atomic E-state index is 12.1. The summed E-state index contributed by atoms with van der Waals surface area (Å²) in [6, 6.07) is 12.9. The van der Waals surface area contributed by atoms with Crippen LogP contribution in [0.5, 0.6) is 0 Å². The highest BCUT2D eigenvalue weighted by Gasteiger charge is 2.10. The Kier molecular flexibility index (Phi) is 5.93. The smallest absolute Gasteiger partial charge is 0.224 e. The molecule has 0 saturated carbocycles. The summed E-state index contributed by atoms with van der Waals surface area (Å²) < 4.78 is 7.45. The van der Waals surface area contributed by atoms with Crippen molar-refractivity contribution >= 4 is 55.1 Å². The second kappa shape index (κ2) is 8.17. The molecule has 1 heterocycles. The molecule has 0 aliphatic heterocycles. The lowest BCUT2D eigenvalue weighted by atomic mass is 10.2. The van der Waals surface area contributed by atoms with Gasteiger partial charge < -0.3 is 9.73 Å². The molecule has 128 valence electrons. The van der Waals surface area contributed by atoms with Crippen LogP contribution in [-0.4, -0.2) is 10.9 Å². The van der Waals surface area contributed by atoms with Crippen molar-refractivity contribution in [3.63, 3.8) is 0 Å². The normalized spacial score (nSPS) is 10.7. The van der Waals surface area contributed by atoms with Crippen LogP contribution in [0.15, 0.2) is 62.0 Å². The van der Waals surface area contributed by atoms with E-state index in [1.54, 1.807) is 18.3 Å². The zero-order chi connectivity index (χ0) is 17.8. The van der Waals surface area contributed by atoms with Crippen molar-refractivity contribution in [1.82, 2.24) is 4.98 Å². The molecular weight excluding hydrogens is 471 g/mol. The number of halogens is 3. The monoisotopic (exact) mass is 482 g/mol. The van der Waals surface area contributed by atoms with Gasteiger partial charge in [0.05, 0.1) is 11.9 Å². The second-order valence-corrected chi connectivity index (χ2v) is 7.50. The van der Waals surface area contributed by atoms with Gasteiger partial charge in [0.1, 0.15) is 0 Å². The molecule has 0 unspecified atom stereocenters. The van der Waals surface area contributed by atoms with Crippen LogP contribution in [0.1, 0.15) is 12.3 Å². The summed E-state index contributed by atoms with van der Waals surface area (Å²) in [5.41, 5.74) is 1.62. The maximum Gasteiger partial charge on any atom is 0.224 e. The number of nitrogens with zero attached hydrogens (tertiary/aromatic N) is 1. The molecule has 1 N–H and O–H groups in total. The van der Waals surface area contributed by atoms with E-state index in [4.69, 9.17) is 16.0 Å². The van der Waals surface area contributed by atoms with Crippen molar-refractivity contribution in [2.75, 3.05) is 5.32 Å². The zero-order valence-electron chi connectivity index (χ0n) is 12.9. The lowest BCUT2D eigenvalue weighted by Gasteiger charge is -2.07. The summed E-state index contributed by atoms with van der Waals surface area (Å²) >= 11 is 12.7. The van der Waals surface area contributed by atoms with Crippen molar-refractivity contribution < 1.29 is 9.21 Å². The minimum absolute atomic E-state index is 0.103. The Morgan fingerprint density at radius 3 is 2.64 bits per heavy atom. The first-order valence-electron chi connectivity index (χ1n) is 7.47. The van der Waals surface area contributed by atoms with Crippen LogP contribution < -0.4 is 5.32 Å². The zero-order valence-corrected chi connectivity index (χ0v) is 16.9. The van der Waals surface area contributed by atoms with E-state index in [-0.39, 0.29) is 12.3 Å². The first-order valence-corrected chi connectivity index (χ1v) is 9.43. The molecule has 0 aliphatic carbocycles. The van der Waals surface area contributed by atoms with E-state index in [0.29, 0.717) is 23.1 Å². The van der Waals surface area contributed by atoms with Crippen LogP contribution >= 0.6 is 43.5 Å². The van der Waals surface area contributed by atoms with Crippen LogP contribution in [0, 0.1) is 0 Å². The SMILES string of the molecule is O=C(CCc1ncc(-c2ccc(Cl)cc2)o1)Nc1ccc(Br)cc1Br. The lowest BCUT2D eigenvalue weighted by Crippen LogP contribution is -2.12. The molecule has 3 rings (SSSR count). The molecule has 25 heavy (non-hydrogen) atoms. The minimum Gasteiger partial charge on any atom is -0.441 e. The Balaban J connectivity index is 1.58. The third kappa shape index (κ3) is 4.93. The quantitative estimate of drug-likeness (QED) is 0.477. The fourth-order valence-electron chi connectivity index (χ4n) is 2.20. The predicted molar refractivity (Wildman–Crippen MR) is 106 cm³/mol. The number of hydrogen-bond acceptors (Lipinski definition) is 3. The fourth-order valence-corrected chi connectivity index (χ4v) is 3.47. The summed E-state index contributed by atoms with van der Waals surface area (Å²) in [6.45, 7) is 0. The molecular formula is C18H13Br2ClN2O2. The minimum atomic E-state index is -0.103. The van der Waals surface area contributed by atoms with Gasteiger partial charge in [0.2, 0.25) is 5.91 Å². The third-order valence-electron chi connectivity index (χ3n) is 3.45. The number of carbonyl (C=O) groups is 1. The van der Waals surface area contributed by atoms with Crippen molar-refractivity contribution in [1.29, 1.82) is 0 Å². The van der Waals surface area contributed by atoms with Gasteiger partial charge in [-0.1, -0.05) is 27.5 Å². The summed E-state index contributed by atoms with van der Waals surface area (Å²) in [7, 11) is 0. The van der Waals surface area contributed by atoms with Gasteiger partial charge in [-0.3, -0.25) is 4.79 Å². The fraction of sp³-hybridized carbons (Fsp3) is 0.111. The largest absolute Gasteiger partial charge is 0.441 e. The number of hydrogen-bond donors (Lipinski definition) is 1. The topological polar surface area (TPSA) is 55.1 Å². The highest BCUT2D eigenvalue weighted by atomic mass is 79.9. The molecule has 1 aromatic heterocycles. The van der Waals surface area contributed by atoms with E-state index in [1.807, 2.05) is 30.3 Å². The molecule has 3 aromatic rings. The number of rotatable bonds is 5. The van der Waals surface area contributed by atoms with Gasteiger partial charge in [-0.25, -0.2) is 4.98 Å². The van der Waals surface area contributed by atoms with Gasteiger partial charge in [0, 0.05) is 32.4 Å². The molecule has 0 atom stereocenters. The van der Waals surface area contributed by atoms with Gasteiger partial charge >= 0.3 is 0 Å². The number of nitrogens with one attached hydrogen (secondary N) is 1. The molecule has 4 nitrogen and oxygen atoms in total. The summed E-state index contributed by atoms with van der Waals surface area (Å²) in [5.74, 6) is 1.08. The molecule has 0 bridgehead atoms. The van der Waals surface area contributed by atoms with Crippen LogP contribution in [0.25, 0.3) is 11.3 Å². The number of anilines is 1. The Morgan fingerprint density at radius 1 is 1.16 bits per heavy atom. The van der Waals surface area contributed by atoms with Crippen molar-refractivity contribution in [2.24, 2.45) is 0 Å². The molecule has 0 radical (unpaired) electrons. The van der Waals surface area contributed by atoms with Crippen molar-refractivity contribution in [3.05, 3.63) is 68.5 Å².